The minimum absolute atomic E-state index is 0.200. The van der Waals surface area contributed by atoms with Crippen molar-refractivity contribution in [1.29, 1.82) is 5.26 Å². The summed E-state index contributed by atoms with van der Waals surface area (Å²) >= 11 is 0. The first kappa shape index (κ1) is 15.1. The van der Waals surface area contributed by atoms with Gasteiger partial charge in [0.05, 0.1) is 24.8 Å². The molecule has 0 N–H and O–H groups in total. The number of anilines is 1. The van der Waals surface area contributed by atoms with Crippen molar-refractivity contribution >= 4 is 11.5 Å². The van der Waals surface area contributed by atoms with E-state index in [1.165, 1.54) is 19.1 Å². The molecule has 0 bridgehead atoms. The van der Waals surface area contributed by atoms with Gasteiger partial charge in [0.15, 0.2) is 5.78 Å². The Hall–Kier alpha value is -1.93. The zero-order valence-corrected chi connectivity index (χ0v) is 11.1. The SMILES string of the molecule is COCCN(CCC#N)c1c(F)cccc1C(C)=O. The number of rotatable bonds is 7. The first-order valence-corrected chi connectivity index (χ1v) is 6.02. The van der Waals surface area contributed by atoms with Gasteiger partial charge in [-0.1, -0.05) is 6.07 Å². The van der Waals surface area contributed by atoms with Crippen LogP contribution in [0.5, 0.6) is 0 Å². The van der Waals surface area contributed by atoms with Crippen molar-refractivity contribution in [3.05, 3.63) is 29.6 Å². The maximum absolute atomic E-state index is 14.0. The summed E-state index contributed by atoms with van der Waals surface area (Å²) < 4.78 is 19.0. The van der Waals surface area contributed by atoms with Crippen LogP contribution >= 0.6 is 0 Å². The molecule has 0 amide bonds. The molecule has 4 nitrogen and oxygen atoms in total. The molecule has 0 aliphatic carbocycles. The summed E-state index contributed by atoms with van der Waals surface area (Å²) in [5, 5.41) is 8.67. The molecular weight excluding hydrogens is 247 g/mol. The predicted molar refractivity (Wildman–Crippen MR) is 70.7 cm³/mol. The van der Waals surface area contributed by atoms with Crippen molar-refractivity contribution in [1.82, 2.24) is 0 Å². The Morgan fingerprint density at radius 1 is 1.47 bits per heavy atom. The van der Waals surface area contributed by atoms with Crippen molar-refractivity contribution in [2.75, 3.05) is 31.7 Å². The molecule has 0 aliphatic heterocycles. The van der Waals surface area contributed by atoms with E-state index in [0.29, 0.717) is 25.3 Å². The fourth-order valence-corrected chi connectivity index (χ4v) is 1.84. The van der Waals surface area contributed by atoms with Gasteiger partial charge < -0.3 is 9.64 Å². The highest BCUT2D eigenvalue weighted by atomic mass is 19.1. The second-order valence-electron chi connectivity index (χ2n) is 4.08. The van der Waals surface area contributed by atoms with Crippen LogP contribution in [0, 0.1) is 17.1 Å². The van der Waals surface area contributed by atoms with Gasteiger partial charge in [-0.3, -0.25) is 4.79 Å². The van der Waals surface area contributed by atoms with Crippen molar-refractivity contribution in [2.45, 2.75) is 13.3 Å². The Labute approximate surface area is 112 Å². The lowest BCUT2D eigenvalue weighted by molar-refractivity contribution is 0.101. The summed E-state index contributed by atoms with van der Waals surface area (Å²) in [6.45, 7) is 2.59. The quantitative estimate of drug-likeness (QED) is 0.710. The number of Topliss-reactive ketones (excluding diaryl/α,β-unsaturated/α-hetero) is 1. The van der Waals surface area contributed by atoms with Crippen molar-refractivity contribution in [3.8, 4) is 6.07 Å². The molecule has 0 spiro atoms. The van der Waals surface area contributed by atoms with Gasteiger partial charge in [0, 0.05) is 25.8 Å². The normalized spacial score (nSPS) is 10.0. The molecule has 19 heavy (non-hydrogen) atoms. The maximum atomic E-state index is 14.0. The Balaban J connectivity index is 3.12. The summed E-state index contributed by atoms with van der Waals surface area (Å²) in [6.07, 6.45) is 0.259. The second kappa shape index (κ2) is 7.49. The number of methoxy groups -OCH3 is 1. The fourth-order valence-electron chi connectivity index (χ4n) is 1.84. The van der Waals surface area contributed by atoms with E-state index < -0.39 is 5.82 Å². The van der Waals surface area contributed by atoms with Gasteiger partial charge in [0.1, 0.15) is 5.82 Å². The largest absolute Gasteiger partial charge is 0.383 e. The maximum Gasteiger partial charge on any atom is 0.161 e. The molecule has 0 saturated carbocycles. The Morgan fingerprint density at radius 2 is 2.21 bits per heavy atom. The molecule has 102 valence electrons. The van der Waals surface area contributed by atoms with Crippen LogP contribution in [-0.2, 0) is 4.74 Å². The lowest BCUT2D eigenvalue weighted by atomic mass is 10.1. The molecule has 0 aromatic heterocycles. The smallest absolute Gasteiger partial charge is 0.161 e. The van der Waals surface area contributed by atoms with E-state index in [9.17, 15) is 9.18 Å². The molecule has 0 radical (unpaired) electrons. The number of carbonyl (C=O) groups is 1. The number of para-hydroxylation sites is 1. The van der Waals surface area contributed by atoms with Crippen molar-refractivity contribution < 1.29 is 13.9 Å². The highest BCUT2D eigenvalue weighted by molar-refractivity contribution is 5.99. The highest BCUT2D eigenvalue weighted by Crippen LogP contribution is 2.25. The number of nitriles is 1. The topological polar surface area (TPSA) is 53.3 Å². The Bertz CT molecular complexity index is 483. The predicted octanol–water partition coefficient (Wildman–Crippen LogP) is 2.39. The van der Waals surface area contributed by atoms with Crippen LogP contribution in [0.4, 0.5) is 10.1 Å². The van der Waals surface area contributed by atoms with Crippen LogP contribution < -0.4 is 4.90 Å². The molecule has 5 heteroatoms. The van der Waals surface area contributed by atoms with E-state index in [2.05, 4.69) is 0 Å². The summed E-state index contributed by atoms with van der Waals surface area (Å²) in [7, 11) is 1.55. The van der Waals surface area contributed by atoms with E-state index in [1.807, 2.05) is 6.07 Å². The van der Waals surface area contributed by atoms with Gasteiger partial charge in [0.2, 0.25) is 0 Å². The first-order valence-electron chi connectivity index (χ1n) is 6.02. The molecule has 0 atom stereocenters. The third-order valence-electron chi connectivity index (χ3n) is 2.74. The van der Waals surface area contributed by atoms with Crippen molar-refractivity contribution in [3.63, 3.8) is 0 Å². The van der Waals surface area contributed by atoms with Crippen LogP contribution in [0.25, 0.3) is 0 Å². The molecule has 1 aromatic carbocycles. The minimum Gasteiger partial charge on any atom is -0.383 e. The van der Waals surface area contributed by atoms with Gasteiger partial charge >= 0.3 is 0 Å². The van der Waals surface area contributed by atoms with Gasteiger partial charge in [-0.05, 0) is 19.1 Å². The third kappa shape index (κ3) is 4.04. The number of ether oxygens (including phenoxy) is 1. The van der Waals surface area contributed by atoms with E-state index in [0.717, 1.165) is 0 Å². The monoisotopic (exact) mass is 264 g/mol. The van der Waals surface area contributed by atoms with E-state index in [-0.39, 0.29) is 17.9 Å². The molecule has 0 heterocycles. The lowest BCUT2D eigenvalue weighted by Crippen LogP contribution is -2.30. The molecule has 0 fully saturated rings. The van der Waals surface area contributed by atoms with Crippen LogP contribution in [0.2, 0.25) is 0 Å². The summed E-state index contributed by atoms with van der Waals surface area (Å²) in [4.78, 5) is 13.3. The van der Waals surface area contributed by atoms with E-state index in [4.69, 9.17) is 10.00 Å². The first-order chi connectivity index (χ1) is 9.11. The number of carbonyl (C=O) groups excluding carboxylic acids is 1. The highest BCUT2D eigenvalue weighted by Gasteiger charge is 2.18. The summed E-state index contributed by atoms with van der Waals surface area (Å²) in [6, 6.07) is 6.43. The third-order valence-corrected chi connectivity index (χ3v) is 2.74. The number of ketones is 1. The van der Waals surface area contributed by atoms with Crippen LogP contribution in [-0.4, -0.2) is 32.6 Å². The van der Waals surface area contributed by atoms with Crippen LogP contribution in [0.3, 0.4) is 0 Å². The van der Waals surface area contributed by atoms with Crippen LogP contribution in [0.15, 0.2) is 18.2 Å². The van der Waals surface area contributed by atoms with Gasteiger partial charge in [-0.15, -0.1) is 0 Å². The zero-order valence-electron chi connectivity index (χ0n) is 11.1. The van der Waals surface area contributed by atoms with Gasteiger partial charge in [0.25, 0.3) is 0 Å². The number of benzene rings is 1. The molecule has 0 aliphatic rings. The van der Waals surface area contributed by atoms with Crippen LogP contribution in [0.1, 0.15) is 23.7 Å². The summed E-state index contributed by atoms with van der Waals surface area (Å²) in [5.74, 6) is -0.657. The summed E-state index contributed by atoms with van der Waals surface area (Å²) in [5.41, 5.74) is 0.580. The number of hydrogen-bond acceptors (Lipinski definition) is 4. The minimum atomic E-state index is -0.457. The van der Waals surface area contributed by atoms with Gasteiger partial charge in [-0.2, -0.15) is 5.26 Å². The average molecular weight is 264 g/mol. The zero-order chi connectivity index (χ0) is 14.3. The molecule has 0 saturated heterocycles. The number of hydrogen-bond donors (Lipinski definition) is 0. The second-order valence-corrected chi connectivity index (χ2v) is 4.08. The fraction of sp³-hybridized carbons (Fsp3) is 0.429. The molecular formula is C14H17FN2O2. The average Bonchev–Trinajstić information content (AvgIpc) is 2.39. The van der Waals surface area contributed by atoms with E-state index in [1.54, 1.807) is 18.1 Å². The van der Waals surface area contributed by atoms with Gasteiger partial charge in [-0.25, -0.2) is 4.39 Å². The Kier molecular flexibility index (Phi) is 5.97. The van der Waals surface area contributed by atoms with E-state index >= 15 is 0 Å². The Morgan fingerprint density at radius 3 is 2.79 bits per heavy atom. The van der Waals surface area contributed by atoms with Crippen molar-refractivity contribution in [2.24, 2.45) is 0 Å². The molecule has 0 unspecified atom stereocenters. The lowest BCUT2D eigenvalue weighted by Gasteiger charge is -2.25. The standard InChI is InChI=1S/C14H17FN2O2/c1-11(18)12-5-3-6-13(15)14(12)17(8-4-7-16)9-10-19-2/h3,5-6H,4,8-10H2,1-2H3. The number of halogens is 1. The molecule has 1 aromatic rings. The number of nitrogens with zero attached hydrogens (tertiary/aromatic N) is 2. The molecule has 1 rings (SSSR count).